The molecule has 0 saturated heterocycles. The lowest BCUT2D eigenvalue weighted by atomic mass is 10.2. The molecule has 0 radical (unpaired) electrons. The number of hydrogen-bond donors (Lipinski definition) is 1. The molecule has 0 aliphatic carbocycles. The van der Waals surface area contributed by atoms with Gasteiger partial charge in [0.05, 0.1) is 9.92 Å². The lowest BCUT2D eigenvalue weighted by Gasteiger charge is -2.06. The van der Waals surface area contributed by atoms with Gasteiger partial charge in [-0.2, -0.15) is 0 Å². The van der Waals surface area contributed by atoms with E-state index in [1.165, 1.54) is 37.3 Å². The highest BCUT2D eigenvalue weighted by molar-refractivity contribution is 7.93. The van der Waals surface area contributed by atoms with Gasteiger partial charge in [-0.1, -0.05) is 34.5 Å². The van der Waals surface area contributed by atoms with Crippen molar-refractivity contribution < 1.29 is 17.6 Å². The molecule has 0 saturated carbocycles. The van der Waals surface area contributed by atoms with E-state index in [1.807, 2.05) is 0 Å². The van der Waals surface area contributed by atoms with Gasteiger partial charge in [-0.3, -0.25) is 4.79 Å². The van der Waals surface area contributed by atoms with Gasteiger partial charge in [-0.15, -0.1) is 0 Å². The molecule has 5 nitrogen and oxygen atoms in total. The molecule has 2 aromatic carbocycles. The molecule has 0 unspecified atom stereocenters. The Morgan fingerprint density at radius 2 is 1.81 bits per heavy atom. The quantitative estimate of drug-likeness (QED) is 0.610. The number of halogens is 3. The van der Waals surface area contributed by atoms with Crippen molar-refractivity contribution in [1.29, 1.82) is 0 Å². The summed E-state index contributed by atoms with van der Waals surface area (Å²) in [6.45, 7) is 1.28. The zero-order valence-electron chi connectivity index (χ0n) is 13.7. The number of nitrogens with one attached hydrogen (secondary N) is 1. The van der Waals surface area contributed by atoms with Gasteiger partial charge >= 0.3 is 0 Å². The molecule has 1 N–H and O–H groups in total. The topological polar surface area (TPSA) is 76.1 Å². The Morgan fingerprint density at radius 3 is 2.41 bits per heavy atom. The molecule has 0 aliphatic rings. The van der Waals surface area contributed by atoms with E-state index in [4.69, 9.17) is 23.2 Å². The first-order valence-corrected chi connectivity index (χ1v) is 10.5. The summed E-state index contributed by atoms with van der Waals surface area (Å²) in [6.07, 6.45) is 0. The first-order valence-electron chi connectivity index (χ1n) is 7.43. The average molecular weight is 445 g/mol. The van der Waals surface area contributed by atoms with Crippen molar-refractivity contribution in [3.8, 4) is 11.3 Å². The van der Waals surface area contributed by atoms with Crippen LogP contribution in [0.2, 0.25) is 10.0 Å². The maximum absolute atomic E-state index is 13.4. The third-order valence-corrected chi connectivity index (χ3v) is 7.25. The summed E-state index contributed by atoms with van der Waals surface area (Å²) in [5, 5.41) is 2.94. The van der Waals surface area contributed by atoms with E-state index in [0.717, 1.165) is 23.5 Å². The lowest BCUT2D eigenvalue weighted by Crippen LogP contribution is -2.04. The Morgan fingerprint density at radius 1 is 1.15 bits per heavy atom. The monoisotopic (exact) mass is 444 g/mol. The van der Waals surface area contributed by atoms with Crippen LogP contribution < -0.4 is 5.32 Å². The van der Waals surface area contributed by atoms with Gasteiger partial charge in [0.2, 0.25) is 15.7 Å². The minimum atomic E-state index is -3.98. The second-order valence-electron chi connectivity index (χ2n) is 5.42. The fourth-order valence-corrected chi connectivity index (χ4v) is 5.49. The Labute approximate surface area is 168 Å². The molecular formula is C17H11Cl2FN2O3S2. The molecule has 27 heavy (non-hydrogen) atoms. The zero-order valence-corrected chi connectivity index (χ0v) is 16.8. The van der Waals surface area contributed by atoms with E-state index in [2.05, 4.69) is 10.3 Å². The smallest absolute Gasteiger partial charge is 0.223 e. The van der Waals surface area contributed by atoms with Crippen LogP contribution in [-0.4, -0.2) is 19.3 Å². The molecule has 3 aromatic rings. The first-order chi connectivity index (χ1) is 12.7. The highest BCUT2D eigenvalue weighted by Gasteiger charge is 2.28. The van der Waals surface area contributed by atoms with Crippen molar-refractivity contribution in [3.05, 3.63) is 58.3 Å². The van der Waals surface area contributed by atoms with Crippen LogP contribution in [0, 0.1) is 5.82 Å². The van der Waals surface area contributed by atoms with Crippen molar-refractivity contribution in [2.24, 2.45) is 0 Å². The number of hydrogen-bond acceptors (Lipinski definition) is 5. The molecule has 0 spiro atoms. The number of carbonyl (C=O) groups is 1. The number of aromatic nitrogens is 1. The SMILES string of the molecule is CC(=O)Nc1nc(-c2ccc(F)cc2Cl)c(S(=O)(=O)c2ccc(Cl)cc2)s1. The number of benzene rings is 2. The number of rotatable bonds is 4. The molecule has 140 valence electrons. The Hall–Kier alpha value is -2.00. The number of amides is 1. The molecule has 0 aliphatic heterocycles. The second-order valence-corrected chi connectivity index (χ2v) is 9.41. The van der Waals surface area contributed by atoms with Gasteiger partial charge in [-0.25, -0.2) is 17.8 Å². The molecule has 0 atom stereocenters. The van der Waals surface area contributed by atoms with Gasteiger partial charge < -0.3 is 5.32 Å². The summed E-state index contributed by atoms with van der Waals surface area (Å²) in [5.74, 6) is -0.973. The van der Waals surface area contributed by atoms with E-state index >= 15 is 0 Å². The molecule has 3 rings (SSSR count). The predicted molar refractivity (Wildman–Crippen MR) is 104 cm³/mol. The largest absolute Gasteiger partial charge is 0.302 e. The fraction of sp³-hybridized carbons (Fsp3) is 0.0588. The zero-order chi connectivity index (χ0) is 19.8. The number of sulfone groups is 1. The van der Waals surface area contributed by atoms with Crippen molar-refractivity contribution in [3.63, 3.8) is 0 Å². The third-order valence-electron chi connectivity index (χ3n) is 3.43. The molecular weight excluding hydrogens is 434 g/mol. The summed E-state index contributed by atoms with van der Waals surface area (Å²) < 4.78 is 39.5. The maximum Gasteiger partial charge on any atom is 0.223 e. The van der Waals surface area contributed by atoms with Gasteiger partial charge in [0.1, 0.15) is 11.5 Å². The summed E-state index contributed by atoms with van der Waals surface area (Å²) in [5.41, 5.74) is 0.266. The number of nitrogens with zero attached hydrogens (tertiary/aromatic N) is 1. The maximum atomic E-state index is 13.4. The standard InChI is InChI=1S/C17H11Cl2FN2O3S2/c1-9(23)21-17-22-15(13-7-4-11(20)8-14(13)19)16(26-17)27(24,25)12-5-2-10(18)3-6-12/h2-8H,1H3,(H,21,22,23). The highest BCUT2D eigenvalue weighted by Crippen LogP contribution is 2.40. The Kier molecular flexibility index (Phi) is 5.53. The summed E-state index contributed by atoms with van der Waals surface area (Å²) in [6, 6.07) is 9.19. The van der Waals surface area contributed by atoms with E-state index < -0.39 is 21.6 Å². The van der Waals surface area contributed by atoms with Crippen LogP contribution in [0.3, 0.4) is 0 Å². The van der Waals surface area contributed by atoms with Crippen LogP contribution in [0.25, 0.3) is 11.3 Å². The molecule has 1 aromatic heterocycles. The average Bonchev–Trinajstić information content (AvgIpc) is 2.98. The van der Waals surface area contributed by atoms with Crippen molar-refractivity contribution in [1.82, 2.24) is 4.98 Å². The van der Waals surface area contributed by atoms with Gasteiger partial charge in [0.15, 0.2) is 9.34 Å². The fourth-order valence-electron chi connectivity index (χ4n) is 2.26. The highest BCUT2D eigenvalue weighted by atomic mass is 35.5. The normalized spacial score (nSPS) is 11.4. The molecule has 1 heterocycles. The van der Waals surface area contributed by atoms with E-state index in [0.29, 0.717) is 5.02 Å². The molecule has 0 fully saturated rings. The Balaban J connectivity index is 2.23. The number of thiazole rings is 1. The Bertz CT molecular complexity index is 1130. The van der Waals surface area contributed by atoms with Crippen molar-refractivity contribution in [2.75, 3.05) is 5.32 Å². The van der Waals surface area contributed by atoms with Crippen molar-refractivity contribution >= 4 is 55.4 Å². The summed E-state index contributed by atoms with van der Waals surface area (Å²) in [4.78, 5) is 15.6. The van der Waals surface area contributed by atoms with Crippen LogP contribution in [-0.2, 0) is 14.6 Å². The van der Waals surface area contributed by atoms with Crippen LogP contribution in [0.4, 0.5) is 9.52 Å². The van der Waals surface area contributed by atoms with E-state index in [9.17, 15) is 17.6 Å². The molecule has 10 heteroatoms. The van der Waals surface area contributed by atoms with Crippen LogP contribution in [0.1, 0.15) is 6.92 Å². The minimum absolute atomic E-state index is 0.00207. The van der Waals surface area contributed by atoms with Crippen LogP contribution in [0.15, 0.2) is 51.6 Å². The van der Waals surface area contributed by atoms with E-state index in [-0.39, 0.29) is 30.5 Å². The molecule has 1 amide bonds. The van der Waals surface area contributed by atoms with Gasteiger partial charge in [-0.05, 0) is 42.5 Å². The second kappa shape index (κ2) is 7.55. The van der Waals surface area contributed by atoms with E-state index in [1.54, 1.807) is 0 Å². The van der Waals surface area contributed by atoms with Crippen LogP contribution in [0.5, 0.6) is 0 Å². The number of anilines is 1. The lowest BCUT2D eigenvalue weighted by molar-refractivity contribution is -0.114. The minimum Gasteiger partial charge on any atom is -0.302 e. The first kappa shape index (κ1) is 19.8. The predicted octanol–water partition coefficient (Wildman–Crippen LogP) is 5.05. The summed E-state index contributed by atoms with van der Waals surface area (Å²) >= 11 is 12.7. The van der Waals surface area contributed by atoms with Crippen molar-refractivity contribution in [2.45, 2.75) is 16.0 Å². The number of carbonyl (C=O) groups excluding carboxylic acids is 1. The van der Waals surface area contributed by atoms with Gasteiger partial charge in [0.25, 0.3) is 0 Å². The third kappa shape index (κ3) is 4.14. The summed E-state index contributed by atoms with van der Waals surface area (Å²) in [7, 11) is -3.98. The van der Waals surface area contributed by atoms with Gasteiger partial charge in [0, 0.05) is 17.5 Å². The molecule has 0 bridgehead atoms. The van der Waals surface area contributed by atoms with Crippen LogP contribution >= 0.6 is 34.5 Å².